The number of anilines is 1. The van der Waals surface area contributed by atoms with Crippen molar-refractivity contribution in [1.29, 1.82) is 0 Å². The maximum Gasteiger partial charge on any atom is 0.240 e. The van der Waals surface area contributed by atoms with Crippen LogP contribution in [0.4, 0.5) is 5.95 Å². The SMILES string of the molecule is COCC(COC)n1c(NS(=O)(=O)[C@@H](C)[C@@H](OC(C)C)c2ccc(C)cn2)nnc1[C@@H]1CC[C@H](C)O1. The monoisotopic (exact) mass is 525 g/mol. The number of pyridine rings is 1. The van der Waals surface area contributed by atoms with Crippen LogP contribution in [0.1, 0.15) is 75.9 Å². The average Bonchev–Trinajstić information content (AvgIpc) is 3.43. The van der Waals surface area contributed by atoms with E-state index >= 15 is 0 Å². The van der Waals surface area contributed by atoms with Crippen molar-refractivity contribution in [2.24, 2.45) is 0 Å². The van der Waals surface area contributed by atoms with Crippen LogP contribution in [0.2, 0.25) is 0 Å². The second-order valence-electron chi connectivity index (χ2n) is 9.55. The van der Waals surface area contributed by atoms with Gasteiger partial charge in [-0.1, -0.05) is 6.07 Å². The summed E-state index contributed by atoms with van der Waals surface area (Å²) < 4.78 is 54.5. The van der Waals surface area contributed by atoms with Gasteiger partial charge in [-0.2, -0.15) is 0 Å². The van der Waals surface area contributed by atoms with Crippen molar-refractivity contribution in [3.8, 4) is 0 Å². The molecule has 1 aliphatic heterocycles. The number of aryl methyl sites for hydroxylation is 1. The zero-order valence-electron chi connectivity index (χ0n) is 22.2. The average molecular weight is 526 g/mol. The molecule has 0 aliphatic carbocycles. The van der Waals surface area contributed by atoms with Crippen LogP contribution in [-0.2, 0) is 29.0 Å². The molecule has 1 fully saturated rings. The van der Waals surface area contributed by atoms with E-state index in [2.05, 4.69) is 19.9 Å². The Morgan fingerprint density at radius 3 is 2.36 bits per heavy atom. The van der Waals surface area contributed by atoms with E-state index in [0.717, 1.165) is 18.4 Å². The van der Waals surface area contributed by atoms with Gasteiger partial charge in [0.25, 0.3) is 0 Å². The first-order valence-electron chi connectivity index (χ1n) is 12.2. The van der Waals surface area contributed by atoms with Crippen LogP contribution in [0.5, 0.6) is 0 Å². The van der Waals surface area contributed by atoms with E-state index in [1.807, 2.05) is 33.8 Å². The van der Waals surface area contributed by atoms with Crippen LogP contribution in [0.15, 0.2) is 18.3 Å². The molecule has 1 saturated heterocycles. The first-order valence-corrected chi connectivity index (χ1v) is 13.8. The summed E-state index contributed by atoms with van der Waals surface area (Å²) in [6, 6.07) is 3.32. The van der Waals surface area contributed by atoms with E-state index in [0.29, 0.717) is 11.5 Å². The molecular weight excluding hydrogens is 486 g/mol. The Hall–Kier alpha value is -2.12. The van der Waals surface area contributed by atoms with Crippen molar-refractivity contribution >= 4 is 16.0 Å². The molecule has 0 spiro atoms. The number of nitrogens with zero attached hydrogens (tertiary/aromatic N) is 4. The molecule has 0 unspecified atom stereocenters. The Morgan fingerprint density at radius 1 is 1.14 bits per heavy atom. The molecule has 3 rings (SSSR count). The molecule has 12 heteroatoms. The molecule has 1 N–H and O–H groups in total. The highest BCUT2D eigenvalue weighted by molar-refractivity contribution is 7.93. The fourth-order valence-corrected chi connectivity index (χ4v) is 5.38. The Morgan fingerprint density at radius 2 is 1.83 bits per heavy atom. The lowest BCUT2D eigenvalue weighted by atomic mass is 10.1. The molecule has 0 radical (unpaired) electrons. The van der Waals surface area contributed by atoms with E-state index in [4.69, 9.17) is 18.9 Å². The fraction of sp³-hybridized carbons (Fsp3) is 0.708. The van der Waals surface area contributed by atoms with Crippen LogP contribution >= 0.6 is 0 Å². The van der Waals surface area contributed by atoms with Gasteiger partial charge in [-0.15, -0.1) is 10.2 Å². The van der Waals surface area contributed by atoms with Gasteiger partial charge in [-0.25, -0.2) is 8.42 Å². The van der Waals surface area contributed by atoms with Crippen molar-refractivity contribution in [2.75, 3.05) is 32.2 Å². The van der Waals surface area contributed by atoms with Gasteiger partial charge in [-0.05, 0) is 59.1 Å². The number of nitrogens with one attached hydrogen (secondary N) is 1. The molecule has 1 aliphatic rings. The first-order chi connectivity index (χ1) is 17.1. The van der Waals surface area contributed by atoms with Gasteiger partial charge in [0.15, 0.2) is 5.82 Å². The summed E-state index contributed by atoms with van der Waals surface area (Å²) in [7, 11) is -0.827. The molecule has 4 atom stereocenters. The van der Waals surface area contributed by atoms with Crippen LogP contribution in [0.25, 0.3) is 0 Å². The van der Waals surface area contributed by atoms with Crippen molar-refractivity contribution in [3.05, 3.63) is 35.4 Å². The molecule has 2 aromatic heterocycles. The lowest BCUT2D eigenvalue weighted by Crippen LogP contribution is -2.35. The van der Waals surface area contributed by atoms with Crippen molar-refractivity contribution < 1.29 is 27.4 Å². The molecule has 3 heterocycles. The third-order valence-corrected chi connectivity index (χ3v) is 7.81. The van der Waals surface area contributed by atoms with Crippen molar-refractivity contribution in [2.45, 2.75) is 83.2 Å². The topological polar surface area (TPSA) is 127 Å². The van der Waals surface area contributed by atoms with Crippen LogP contribution < -0.4 is 4.72 Å². The number of aromatic nitrogens is 4. The minimum Gasteiger partial charge on any atom is -0.382 e. The van der Waals surface area contributed by atoms with Crippen LogP contribution in [0.3, 0.4) is 0 Å². The fourth-order valence-electron chi connectivity index (χ4n) is 4.27. The van der Waals surface area contributed by atoms with Crippen LogP contribution in [0, 0.1) is 6.92 Å². The molecule has 36 heavy (non-hydrogen) atoms. The summed E-state index contributed by atoms with van der Waals surface area (Å²) in [5.41, 5.74) is 1.52. The molecule has 0 aromatic carbocycles. The minimum absolute atomic E-state index is 0.0827. The van der Waals surface area contributed by atoms with E-state index in [1.54, 1.807) is 38.0 Å². The highest BCUT2D eigenvalue weighted by Crippen LogP contribution is 2.35. The number of methoxy groups -OCH3 is 2. The highest BCUT2D eigenvalue weighted by Gasteiger charge is 2.37. The molecule has 11 nitrogen and oxygen atoms in total. The molecule has 202 valence electrons. The van der Waals surface area contributed by atoms with Crippen molar-refractivity contribution in [3.63, 3.8) is 0 Å². The zero-order valence-corrected chi connectivity index (χ0v) is 23.0. The van der Waals surface area contributed by atoms with E-state index in [9.17, 15) is 8.42 Å². The lowest BCUT2D eigenvalue weighted by Gasteiger charge is -2.27. The Kier molecular flexibility index (Phi) is 9.81. The smallest absolute Gasteiger partial charge is 0.240 e. The number of hydrogen-bond acceptors (Lipinski definition) is 9. The third kappa shape index (κ3) is 6.80. The first kappa shape index (κ1) is 28.5. The quantitative estimate of drug-likeness (QED) is 0.419. The predicted octanol–water partition coefficient (Wildman–Crippen LogP) is 3.35. The number of rotatable bonds is 13. The van der Waals surface area contributed by atoms with Crippen LogP contribution in [-0.4, -0.2) is 73.1 Å². The summed E-state index contributed by atoms with van der Waals surface area (Å²) in [6.07, 6.45) is 2.13. The van der Waals surface area contributed by atoms with Crippen molar-refractivity contribution in [1.82, 2.24) is 19.7 Å². The van der Waals surface area contributed by atoms with Gasteiger partial charge < -0.3 is 18.9 Å². The van der Waals surface area contributed by atoms with E-state index in [1.165, 1.54) is 0 Å². The third-order valence-electron chi connectivity index (χ3n) is 6.12. The normalized spacial score (nSPS) is 20.2. The van der Waals surface area contributed by atoms with Gasteiger partial charge in [0, 0.05) is 20.4 Å². The highest BCUT2D eigenvalue weighted by atomic mass is 32.2. The van der Waals surface area contributed by atoms with Gasteiger partial charge in [0.2, 0.25) is 16.0 Å². The molecular formula is C24H39N5O6S. The largest absolute Gasteiger partial charge is 0.382 e. The second kappa shape index (κ2) is 12.4. The standard InChI is InChI=1S/C24H39N5O6S/c1-15(2)34-22(20-10-8-16(3)12-25-20)18(5)36(30,31)28-24-27-26-23(21-11-9-17(4)35-21)29(24)19(13-32-6)14-33-7/h8,10,12,15,17-19,21-22H,9,11,13-14H2,1-7H3,(H,27,28)/t17-,18-,21-,22+/m0/s1. The maximum absolute atomic E-state index is 13.6. The molecule has 0 amide bonds. The second-order valence-corrected chi connectivity index (χ2v) is 11.6. The van der Waals surface area contributed by atoms with E-state index < -0.39 is 21.4 Å². The van der Waals surface area contributed by atoms with Gasteiger partial charge in [0.05, 0.1) is 37.2 Å². The van der Waals surface area contributed by atoms with Gasteiger partial charge >= 0.3 is 0 Å². The zero-order chi connectivity index (χ0) is 26.5. The molecule has 0 bridgehead atoms. The predicted molar refractivity (Wildman–Crippen MR) is 135 cm³/mol. The Labute approximate surface area is 213 Å². The Balaban J connectivity index is 1.97. The number of sulfonamides is 1. The minimum atomic E-state index is -3.98. The maximum atomic E-state index is 13.6. The number of hydrogen-bond donors (Lipinski definition) is 1. The summed E-state index contributed by atoms with van der Waals surface area (Å²) in [4.78, 5) is 4.43. The Bertz CT molecular complexity index is 1070. The molecule has 0 saturated carbocycles. The summed E-state index contributed by atoms with van der Waals surface area (Å²) in [5.74, 6) is 0.623. The van der Waals surface area contributed by atoms with Gasteiger partial charge in [-0.3, -0.25) is 14.3 Å². The number of ether oxygens (including phenoxy) is 4. The summed E-state index contributed by atoms with van der Waals surface area (Å²) in [5, 5.41) is 7.57. The summed E-state index contributed by atoms with van der Waals surface area (Å²) >= 11 is 0. The summed E-state index contributed by atoms with van der Waals surface area (Å²) in [6.45, 7) is 9.80. The molecule has 2 aromatic rings. The lowest BCUT2D eigenvalue weighted by molar-refractivity contribution is 0.00415. The van der Waals surface area contributed by atoms with E-state index in [-0.39, 0.29) is 43.5 Å². The van der Waals surface area contributed by atoms with Gasteiger partial charge in [0.1, 0.15) is 17.5 Å².